The molecule has 3 rings (SSSR count). The summed E-state index contributed by atoms with van der Waals surface area (Å²) in [6, 6.07) is 8.18. The molecule has 2 nitrogen and oxygen atoms in total. The zero-order chi connectivity index (χ0) is 21.9. The Morgan fingerprint density at radius 3 is 1.68 bits per heavy atom. The molecule has 2 fully saturated rings. The van der Waals surface area contributed by atoms with E-state index < -0.39 is 0 Å². The monoisotopic (exact) mass is 426 g/mol. The maximum Gasteiger partial charge on any atom is 0.311 e. The van der Waals surface area contributed by atoms with Gasteiger partial charge in [0.2, 0.25) is 0 Å². The fraction of sp³-hybridized carbons (Fsp3) is 0.759. The third kappa shape index (κ3) is 8.62. The van der Waals surface area contributed by atoms with Gasteiger partial charge in [0.1, 0.15) is 5.75 Å². The number of benzene rings is 1. The van der Waals surface area contributed by atoms with E-state index >= 15 is 0 Å². The van der Waals surface area contributed by atoms with E-state index in [4.69, 9.17) is 4.74 Å². The molecule has 0 atom stereocenters. The van der Waals surface area contributed by atoms with Gasteiger partial charge in [0.05, 0.1) is 0 Å². The minimum absolute atomic E-state index is 0.129. The summed E-state index contributed by atoms with van der Waals surface area (Å²) < 4.78 is 5.36. The highest BCUT2D eigenvalue weighted by Crippen LogP contribution is 2.38. The molecule has 0 aromatic heterocycles. The second-order valence-electron chi connectivity index (χ2n) is 10.5. The van der Waals surface area contributed by atoms with Gasteiger partial charge in [0.15, 0.2) is 0 Å². The van der Waals surface area contributed by atoms with Crippen molar-refractivity contribution in [3.8, 4) is 5.75 Å². The van der Waals surface area contributed by atoms with Crippen molar-refractivity contribution in [3.05, 3.63) is 29.8 Å². The van der Waals surface area contributed by atoms with Crippen molar-refractivity contribution in [3.63, 3.8) is 0 Å². The van der Waals surface area contributed by atoms with Crippen LogP contribution in [-0.4, -0.2) is 5.97 Å². The summed E-state index contributed by atoms with van der Waals surface area (Å²) in [6.07, 6.45) is 21.4. The van der Waals surface area contributed by atoms with E-state index in [9.17, 15) is 4.79 Å². The van der Waals surface area contributed by atoms with Crippen LogP contribution < -0.4 is 4.74 Å². The number of hydrogen-bond acceptors (Lipinski definition) is 2. The molecular formula is C29H46O2. The summed E-state index contributed by atoms with van der Waals surface area (Å²) in [4.78, 5) is 11.6. The van der Waals surface area contributed by atoms with E-state index in [0.29, 0.717) is 12.2 Å². The molecule has 0 amide bonds. The lowest BCUT2D eigenvalue weighted by Gasteiger charge is -2.32. The fourth-order valence-corrected chi connectivity index (χ4v) is 5.98. The molecule has 0 radical (unpaired) electrons. The Kier molecular flexibility index (Phi) is 10.4. The van der Waals surface area contributed by atoms with Crippen LogP contribution >= 0.6 is 0 Å². The quantitative estimate of drug-likeness (QED) is 0.262. The molecule has 0 aliphatic heterocycles. The standard InChI is InChI=1S/C29H46O2/c1-3-5-23-7-9-24(10-8-23)11-12-25-13-15-26(16-14-25)17-18-27-19-21-28(22-20-27)31-29(30)6-4-2/h19-26H,3-18H2,1-2H3/t23-,24-,25-,26-. The van der Waals surface area contributed by atoms with Crippen molar-refractivity contribution in [2.45, 2.75) is 117 Å². The molecule has 0 spiro atoms. The predicted octanol–water partition coefficient (Wildman–Crippen LogP) is 8.52. The van der Waals surface area contributed by atoms with Crippen LogP contribution in [0.4, 0.5) is 0 Å². The molecule has 0 unspecified atom stereocenters. The average molecular weight is 427 g/mol. The summed E-state index contributed by atoms with van der Waals surface area (Å²) in [6.45, 7) is 4.34. The van der Waals surface area contributed by atoms with Crippen LogP contribution in [0.3, 0.4) is 0 Å². The Balaban J connectivity index is 1.28. The van der Waals surface area contributed by atoms with E-state index in [1.807, 2.05) is 19.1 Å². The molecule has 0 N–H and O–H groups in total. The molecule has 2 heteroatoms. The molecule has 31 heavy (non-hydrogen) atoms. The number of carbonyl (C=O) groups is 1. The van der Waals surface area contributed by atoms with E-state index in [1.165, 1.54) is 89.0 Å². The number of ether oxygens (including phenoxy) is 1. The Hall–Kier alpha value is -1.31. The Morgan fingerprint density at radius 2 is 1.19 bits per heavy atom. The van der Waals surface area contributed by atoms with Crippen molar-refractivity contribution in [2.24, 2.45) is 23.7 Å². The maximum atomic E-state index is 11.6. The largest absolute Gasteiger partial charge is 0.427 e. The van der Waals surface area contributed by atoms with Gasteiger partial charge < -0.3 is 4.74 Å². The van der Waals surface area contributed by atoms with Crippen molar-refractivity contribution in [2.75, 3.05) is 0 Å². The molecule has 2 saturated carbocycles. The second-order valence-corrected chi connectivity index (χ2v) is 10.5. The van der Waals surface area contributed by atoms with Crippen LogP contribution in [0.2, 0.25) is 0 Å². The van der Waals surface area contributed by atoms with E-state index in [2.05, 4.69) is 19.1 Å². The van der Waals surface area contributed by atoms with Gasteiger partial charge in [0.25, 0.3) is 0 Å². The smallest absolute Gasteiger partial charge is 0.311 e. The summed E-state index contributed by atoms with van der Waals surface area (Å²) in [5.74, 6) is 4.54. The first-order valence-corrected chi connectivity index (χ1v) is 13.5. The summed E-state index contributed by atoms with van der Waals surface area (Å²) >= 11 is 0. The van der Waals surface area contributed by atoms with E-state index in [-0.39, 0.29) is 5.97 Å². The molecule has 2 aliphatic rings. The first-order chi connectivity index (χ1) is 15.2. The molecule has 1 aromatic rings. The fourth-order valence-electron chi connectivity index (χ4n) is 5.98. The van der Waals surface area contributed by atoms with Crippen molar-refractivity contribution in [1.29, 1.82) is 0 Å². The van der Waals surface area contributed by atoms with Crippen molar-refractivity contribution < 1.29 is 9.53 Å². The van der Waals surface area contributed by atoms with Gasteiger partial charge in [-0.3, -0.25) is 4.79 Å². The van der Waals surface area contributed by atoms with Crippen LogP contribution in [0.1, 0.15) is 116 Å². The Labute approximate surface area is 191 Å². The molecular weight excluding hydrogens is 380 g/mol. The zero-order valence-corrected chi connectivity index (χ0v) is 20.2. The van der Waals surface area contributed by atoms with Gasteiger partial charge in [-0.2, -0.15) is 0 Å². The predicted molar refractivity (Wildman–Crippen MR) is 130 cm³/mol. The second kappa shape index (κ2) is 13.3. The third-order valence-corrected chi connectivity index (χ3v) is 8.06. The normalized spacial score (nSPS) is 26.5. The highest BCUT2D eigenvalue weighted by atomic mass is 16.5. The van der Waals surface area contributed by atoms with E-state index in [0.717, 1.165) is 36.5 Å². The lowest BCUT2D eigenvalue weighted by molar-refractivity contribution is -0.134. The summed E-state index contributed by atoms with van der Waals surface area (Å²) in [5, 5.41) is 0. The minimum Gasteiger partial charge on any atom is -0.427 e. The summed E-state index contributed by atoms with van der Waals surface area (Å²) in [7, 11) is 0. The molecule has 0 bridgehead atoms. The van der Waals surface area contributed by atoms with Gasteiger partial charge in [-0.05, 0) is 60.6 Å². The number of rotatable bonds is 11. The Bertz CT molecular complexity index is 619. The number of aryl methyl sites for hydroxylation is 1. The van der Waals surface area contributed by atoms with Crippen molar-refractivity contribution in [1.82, 2.24) is 0 Å². The van der Waals surface area contributed by atoms with Crippen LogP contribution in [-0.2, 0) is 11.2 Å². The third-order valence-electron chi connectivity index (χ3n) is 8.06. The van der Waals surface area contributed by atoms with E-state index in [1.54, 1.807) is 0 Å². The maximum absolute atomic E-state index is 11.6. The molecule has 174 valence electrons. The minimum atomic E-state index is -0.129. The Morgan fingerprint density at radius 1 is 0.710 bits per heavy atom. The van der Waals surface area contributed by atoms with Gasteiger partial charge >= 0.3 is 5.97 Å². The molecule has 0 heterocycles. The van der Waals surface area contributed by atoms with Gasteiger partial charge in [0, 0.05) is 6.42 Å². The van der Waals surface area contributed by atoms with Gasteiger partial charge in [-0.25, -0.2) is 0 Å². The molecule has 1 aromatic carbocycles. The van der Waals surface area contributed by atoms with Crippen LogP contribution in [0, 0.1) is 23.7 Å². The SMILES string of the molecule is CCCC(=O)Oc1ccc(CC[C@H]2CC[C@H](CC[C@H]3CC[C@H](CCC)CC3)CC2)cc1. The number of carbonyl (C=O) groups excluding carboxylic acids is 1. The number of esters is 1. The van der Waals surface area contributed by atoms with Crippen LogP contribution in [0.5, 0.6) is 5.75 Å². The average Bonchev–Trinajstić information content (AvgIpc) is 2.79. The van der Waals surface area contributed by atoms with Crippen LogP contribution in [0.25, 0.3) is 0 Å². The zero-order valence-electron chi connectivity index (χ0n) is 20.2. The van der Waals surface area contributed by atoms with Gasteiger partial charge in [-0.1, -0.05) is 103 Å². The lowest BCUT2D eigenvalue weighted by atomic mass is 9.74. The highest BCUT2D eigenvalue weighted by Gasteiger charge is 2.24. The van der Waals surface area contributed by atoms with Crippen LogP contribution in [0.15, 0.2) is 24.3 Å². The number of hydrogen-bond donors (Lipinski definition) is 0. The molecule has 2 aliphatic carbocycles. The lowest BCUT2D eigenvalue weighted by Crippen LogP contribution is -2.18. The van der Waals surface area contributed by atoms with Gasteiger partial charge in [-0.15, -0.1) is 0 Å². The first kappa shape index (κ1) is 24.3. The molecule has 0 saturated heterocycles. The topological polar surface area (TPSA) is 26.3 Å². The first-order valence-electron chi connectivity index (χ1n) is 13.5. The highest BCUT2D eigenvalue weighted by molar-refractivity contribution is 5.72. The summed E-state index contributed by atoms with van der Waals surface area (Å²) in [5.41, 5.74) is 1.37. The van der Waals surface area contributed by atoms with Crippen molar-refractivity contribution >= 4 is 5.97 Å².